The van der Waals surface area contributed by atoms with E-state index in [9.17, 15) is 0 Å². The van der Waals surface area contributed by atoms with E-state index in [0.29, 0.717) is 0 Å². The Bertz CT molecular complexity index is 263. The average Bonchev–Trinajstić information content (AvgIpc) is 2.81. The van der Waals surface area contributed by atoms with Gasteiger partial charge >= 0.3 is 21.7 Å². The Morgan fingerprint density at radius 2 is 1.00 bits per heavy atom. The fourth-order valence-electron chi connectivity index (χ4n) is 0.940. The van der Waals surface area contributed by atoms with Gasteiger partial charge in [0.1, 0.15) is 0 Å². The maximum absolute atomic E-state index is 5.00. The van der Waals surface area contributed by atoms with Crippen LogP contribution in [-0.2, 0) is 21.7 Å². The third kappa shape index (κ3) is 11.8. The third-order valence-corrected chi connectivity index (χ3v) is 1.66. The first kappa shape index (κ1) is 18.1. The predicted molar refractivity (Wildman–Crippen MR) is 69.9 cm³/mol. The summed E-state index contributed by atoms with van der Waals surface area (Å²) in [6, 6.07) is 16.5. The van der Waals surface area contributed by atoms with Crippen molar-refractivity contribution in [3.05, 3.63) is 59.7 Å². The van der Waals surface area contributed by atoms with E-state index in [1.165, 1.54) is 11.1 Å². The van der Waals surface area contributed by atoms with E-state index in [-0.39, 0.29) is 21.7 Å². The van der Waals surface area contributed by atoms with Gasteiger partial charge in [-0.15, -0.1) is 11.6 Å². The molecule has 0 aliphatic rings. The molecule has 0 N–H and O–H groups in total. The van der Waals surface area contributed by atoms with Gasteiger partial charge in [0.25, 0.3) is 0 Å². The molecule has 0 unspecified atom stereocenters. The van der Waals surface area contributed by atoms with E-state index < -0.39 is 0 Å². The molecule has 2 rings (SSSR count). The maximum Gasteiger partial charge on any atom is 2.00 e. The molecule has 0 amide bonds. The number of halogens is 1. The summed E-state index contributed by atoms with van der Waals surface area (Å²) >= 11 is 5.00. The number of hydrogen-bond acceptors (Lipinski definition) is 0. The minimum atomic E-state index is 0. The van der Waals surface area contributed by atoms with E-state index in [1.54, 1.807) is 0 Å². The van der Waals surface area contributed by atoms with Crippen LogP contribution in [-0.4, -0.2) is 5.88 Å². The third-order valence-electron chi connectivity index (χ3n) is 1.66. The zero-order valence-corrected chi connectivity index (χ0v) is 12.5. The van der Waals surface area contributed by atoms with Crippen molar-refractivity contribution in [3.63, 3.8) is 0 Å². The van der Waals surface area contributed by atoms with Crippen molar-refractivity contribution >= 4 is 11.6 Å². The Labute approximate surface area is 119 Å². The second-order valence-electron chi connectivity index (χ2n) is 3.19. The molecule has 0 saturated carbocycles. The molecule has 0 aliphatic carbocycles. The first-order valence-corrected chi connectivity index (χ1v) is 5.66. The van der Waals surface area contributed by atoms with Crippen molar-refractivity contribution in [1.29, 1.82) is 0 Å². The zero-order valence-electron chi connectivity index (χ0n) is 10.2. The van der Waals surface area contributed by atoms with Crippen molar-refractivity contribution in [2.24, 2.45) is 0 Å². The SMILES string of the molecule is CCCl.C[c-]1cccc1.C[c-]1cccc1.[Ti+2]. The fourth-order valence-corrected chi connectivity index (χ4v) is 0.940. The molecule has 0 nitrogen and oxygen atoms in total. The van der Waals surface area contributed by atoms with Crippen LogP contribution < -0.4 is 0 Å². The average molecular weight is 271 g/mol. The van der Waals surface area contributed by atoms with Crippen LogP contribution >= 0.6 is 11.6 Å². The van der Waals surface area contributed by atoms with Crippen LogP contribution in [0.4, 0.5) is 0 Å². The molecular weight excluding hydrogens is 251 g/mol. The summed E-state index contributed by atoms with van der Waals surface area (Å²) in [5, 5.41) is 0. The van der Waals surface area contributed by atoms with Gasteiger partial charge in [-0.25, -0.2) is 24.3 Å². The standard InChI is InChI=1S/2C6H7.C2H5Cl.Ti/c2*1-6-4-2-3-5-6;1-2-3;/h2*2-5H,1H3;2H2,1H3;/q2*-1;;+2. The van der Waals surface area contributed by atoms with E-state index in [1.807, 2.05) is 31.2 Å². The van der Waals surface area contributed by atoms with Crippen molar-refractivity contribution in [1.82, 2.24) is 0 Å². The van der Waals surface area contributed by atoms with Crippen molar-refractivity contribution < 1.29 is 21.7 Å². The minimum Gasteiger partial charge on any atom is -0.213 e. The molecule has 0 heterocycles. The molecule has 2 heteroatoms. The second kappa shape index (κ2) is 12.8. The van der Waals surface area contributed by atoms with Crippen LogP contribution in [0.5, 0.6) is 0 Å². The van der Waals surface area contributed by atoms with Crippen molar-refractivity contribution in [2.45, 2.75) is 20.8 Å². The number of alkyl halides is 1. The van der Waals surface area contributed by atoms with Gasteiger partial charge < -0.3 is 0 Å². The maximum atomic E-state index is 5.00. The quantitative estimate of drug-likeness (QED) is 0.371. The van der Waals surface area contributed by atoms with Gasteiger partial charge in [-0.05, 0) is 0 Å². The summed E-state index contributed by atoms with van der Waals surface area (Å²) in [5.41, 5.74) is 2.69. The predicted octanol–water partition coefficient (Wildman–Crippen LogP) is 4.67. The number of aryl methyl sites for hydroxylation is 2. The first-order chi connectivity index (χ1) is 7.20. The van der Waals surface area contributed by atoms with Gasteiger partial charge in [0, 0.05) is 5.88 Å². The van der Waals surface area contributed by atoms with E-state index in [2.05, 4.69) is 38.1 Å². The van der Waals surface area contributed by atoms with Crippen LogP contribution in [0.3, 0.4) is 0 Å². The van der Waals surface area contributed by atoms with Gasteiger partial charge in [0.15, 0.2) is 0 Å². The minimum absolute atomic E-state index is 0. The van der Waals surface area contributed by atoms with Gasteiger partial charge in [0.05, 0.1) is 0 Å². The number of rotatable bonds is 0. The second-order valence-corrected chi connectivity index (χ2v) is 3.73. The molecular formula is C14H19ClTi. The molecule has 86 valence electrons. The van der Waals surface area contributed by atoms with Gasteiger partial charge in [-0.1, -0.05) is 20.8 Å². The van der Waals surface area contributed by atoms with Crippen LogP contribution in [0.25, 0.3) is 0 Å². The molecule has 0 spiro atoms. The molecule has 2 aromatic carbocycles. The Balaban J connectivity index is 0. The Hall–Kier alpha value is -0.296. The van der Waals surface area contributed by atoms with Crippen molar-refractivity contribution in [2.75, 3.05) is 5.88 Å². The van der Waals surface area contributed by atoms with Crippen LogP contribution in [0.15, 0.2) is 48.5 Å². The zero-order chi connectivity index (χ0) is 11.5. The fraction of sp³-hybridized carbons (Fsp3) is 0.286. The monoisotopic (exact) mass is 270 g/mol. The smallest absolute Gasteiger partial charge is 0.213 e. The van der Waals surface area contributed by atoms with Crippen molar-refractivity contribution in [3.8, 4) is 0 Å². The van der Waals surface area contributed by atoms with E-state index in [0.717, 1.165) is 5.88 Å². The summed E-state index contributed by atoms with van der Waals surface area (Å²) in [6.45, 7) is 6.06. The summed E-state index contributed by atoms with van der Waals surface area (Å²) < 4.78 is 0. The molecule has 0 aromatic heterocycles. The van der Waals surface area contributed by atoms with Gasteiger partial charge in [-0.2, -0.15) is 35.4 Å². The largest absolute Gasteiger partial charge is 2.00 e. The summed E-state index contributed by atoms with van der Waals surface area (Å²) in [7, 11) is 0. The van der Waals surface area contributed by atoms with Crippen LogP contribution in [0, 0.1) is 13.8 Å². The van der Waals surface area contributed by atoms with Crippen LogP contribution in [0.1, 0.15) is 18.1 Å². The molecule has 0 saturated heterocycles. The van der Waals surface area contributed by atoms with E-state index in [4.69, 9.17) is 11.6 Å². The summed E-state index contributed by atoms with van der Waals surface area (Å²) in [5.74, 6) is 0.722. The van der Waals surface area contributed by atoms with Gasteiger partial charge in [-0.3, -0.25) is 0 Å². The van der Waals surface area contributed by atoms with Gasteiger partial charge in [0.2, 0.25) is 0 Å². The molecule has 2 aromatic rings. The first-order valence-electron chi connectivity index (χ1n) is 5.13. The Morgan fingerprint density at radius 1 is 0.812 bits per heavy atom. The van der Waals surface area contributed by atoms with E-state index >= 15 is 0 Å². The normalized spacial score (nSPS) is 7.75. The summed E-state index contributed by atoms with van der Waals surface area (Å²) in [6.07, 6.45) is 0. The molecule has 0 radical (unpaired) electrons. The Morgan fingerprint density at radius 3 is 1.06 bits per heavy atom. The molecule has 16 heavy (non-hydrogen) atoms. The molecule has 0 fully saturated rings. The molecule has 0 atom stereocenters. The Kier molecular flexibility index (Phi) is 14.4. The summed E-state index contributed by atoms with van der Waals surface area (Å²) in [4.78, 5) is 0. The number of hydrogen-bond donors (Lipinski definition) is 0. The molecule has 0 aliphatic heterocycles. The van der Waals surface area contributed by atoms with Crippen LogP contribution in [0.2, 0.25) is 0 Å². The topological polar surface area (TPSA) is 0 Å². The molecule has 0 bridgehead atoms.